The van der Waals surface area contributed by atoms with E-state index in [1.165, 1.54) is 20.3 Å². The van der Waals surface area contributed by atoms with Crippen LogP contribution in [0, 0.1) is 0 Å². The number of fused-ring (bicyclic) bond motifs is 1. The molecule has 1 aromatic heterocycles. The molecule has 10 heteroatoms. The molecule has 1 fully saturated rings. The quantitative estimate of drug-likeness (QED) is 0.415. The number of carbonyl (C=O) groups excluding carboxylic acids is 1. The summed E-state index contributed by atoms with van der Waals surface area (Å²) in [5, 5.41) is 17.7. The number of aromatic nitrogens is 2. The van der Waals surface area contributed by atoms with Crippen molar-refractivity contribution in [2.24, 2.45) is 0 Å². The Bertz CT molecular complexity index is 1230. The maximum Gasteiger partial charge on any atom is 0.243 e. The number of halogens is 2. The number of hydrogen-bond acceptors (Lipinski definition) is 7. The molecule has 0 radical (unpaired) electrons. The van der Waals surface area contributed by atoms with Crippen molar-refractivity contribution in [1.29, 1.82) is 0 Å². The van der Waals surface area contributed by atoms with E-state index in [-0.39, 0.29) is 18.0 Å². The fourth-order valence-corrected chi connectivity index (χ4v) is 4.85. The third-order valence-corrected chi connectivity index (χ3v) is 6.56. The van der Waals surface area contributed by atoms with Crippen molar-refractivity contribution in [2.75, 3.05) is 19.5 Å². The zero-order valence-electron chi connectivity index (χ0n) is 18.6. The van der Waals surface area contributed by atoms with Gasteiger partial charge in [0.25, 0.3) is 0 Å². The van der Waals surface area contributed by atoms with E-state index in [1.807, 2.05) is 18.2 Å². The zero-order valence-corrected chi connectivity index (χ0v) is 20.2. The van der Waals surface area contributed by atoms with Crippen LogP contribution in [-0.2, 0) is 4.79 Å². The number of aliphatic hydroxyl groups is 1. The highest BCUT2D eigenvalue weighted by Gasteiger charge is 2.34. The van der Waals surface area contributed by atoms with Gasteiger partial charge in [-0.3, -0.25) is 4.79 Å². The lowest BCUT2D eigenvalue weighted by Crippen LogP contribution is -2.42. The number of aliphatic hydroxyl groups excluding tert-OH is 1. The summed E-state index contributed by atoms with van der Waals surface area (Å²) in [6.07, 6.45) is 3.29. The van der Waals surface area contributed by atoms with E-state index in [0.29, 0.717) is 51.4 Å². The maximum absolute atomic E-state index is 11.7. The Morgan fingerprint density at radius 3 is 2.47 bits per heavy atom. The van der Waals surface area contributed by atoms with Crippen LogP contribution in [0.15, 0.2) is 43.1 Å². The molecular formula is C24H24Cl2N4O4. The number of amides is 1. The van der Waals surface area contributed by atoms with Crippen LogP contribution in [0.3, 0.4) is 0 Å². The number of ether oxygens (including phenoxy) is 2. The molecule has 3 N–H and O–H groups in total. The lowest BCUT2D eigenvalue weighted by molar-refractivity contribution is -0.117. The van der Waals surface area contributed by atoms with Gasteiger partial charge in [-0.25, -0.2) is 9.97 Å². The van der Waals surface area contributed by atoms with E-state index in [1.54, 1.807) is 12.3 Å². The van der Waals surface area contributed by atoms with Gasteiger partial charge in [0, 0.05) is 23.2 Å². The summed E-state index contributed by atoms with van der Waals surface area (Å²) in [4.78, 5) is 20.7. The van der Waals surface area contributed by atoms with Crippen molar-refractivity contribution in [1.82, 2.24) is 15.3 Å². The molecule has 2 aromatic carbocycles. The molecular weight excluding hydrogens is 479 g/mol. The van der Waals surface area contributed by atoms with Crippen LogP contribution >= 0.6 is 23.2 Å². The topological polar surface area (TPSA) is 106 Å². The first kappa shape index (κ1) is 24.1. The Morgan fingerprint density at radius 2 is 1.82 bits per heavy atom. The number of nitrogens with zero attached hydrogens (tertiary/aromatic N) is 2. The predicted octanol–water partition coefficient (Wildman–Crippen LogP) is 4.23. The highest BCUT2D eigenvalue weighted by Crippen LogP contribution is 2.46. The number of anilines is 1. The van der Waals surface area contributed by atoms with Crippen molar-refractivity contribution in [3.8, 4) is 22.6 Å². The lowest BCUT2D eigenvalue weighted by atomic mass is 10.0. The molecule has 178 valence electrons. The number of hydrogen-bond donors (Lipinski definition) is 3. The second kappa shape index (κ2) is 10.0. The standard InChI is InChI=1S/C24H24Cl2N4O4/c1-4-20(32)28-16-8-14(31)9-17(16)30-24-27-11-13-7-12(5-6-15(13)29-24)21-22(25)18(33-2)10-19(34-3)23(21)26/h4-7,10-11,14,16-17,31H,1,8-9H2,2-3H3,(H,28,32)(H,27,29,30)/t14-,16+,17-/m1/s1. The predicted molar refractivity (Wildman–Crippen MR) is 133 cm³/mol. The summed E-state index contributed by atoms with van der Waals surface area (Å²) in [6, 6.07) is 6.76. The molecule has 1 aliphatic carbocycles. The van der Waals surface area contributed by atoms with Crippen LogP contribution in [0.5, 0.6) is 11.5 Å². The minimum absolute atomic E-state index is 0.211. The molecule has 0 unspecified atom stereocenters. The summed E-state index contributed by atoms with van der Waals surface area (Å²) in [6.45, 7) is 3.47. The highest BCUT2D eigenvalue weighted by atomic mass is 35.5. The molecule has 0 aliphatic heterocycles. The van der Waals surface area contributed by atoms with Crippen molar-refractivity contribution in [3.05, 3.63) is 53.2 Å². The van der Waals surface area contributed by atoms with Gasteiger partial charge >= 0.3 is 0 Å². The molecule has 1 saturated carbocycles. The van der Waals surface area contributed by atoms with E-state index in [0.717, 1.165) is 10.9 Å². The first-order valence-corrected chi connectivity index (χ1v) is 11.3. The Labute approximate surface area is 206 Å². The summed E-state index contributed by atoms with van der Waals surface area (Å²) in [7, 11) is 3.05. The second-order valence-corrected chi connectivity index (χ2v) is 8.70. The molecule has 0 bridgehead atoms. The van der Waals surface area contributed by atoms with Gasteiger partial charge in [0.1, 0.15) is 11.5 Å². The van der Waals surface area contributed by atoms with Crippen molar-refractivity contribution in [3.63, 3.8) is 0 Å². The normalized spacial score (nSPS) is 19.6. The van der Waals surface area contributed by atoms with Gasteiger partial charge in [0.2, 0.25) is 11.9 Å². The number of nitrogens with one attached hydrogen (secondary N) is 2. The Hall–Kier alpha value is -3.07. The molecule has 0 spiro atoms. The third kappa shape index (κ3) is 4.75. The third-order valence-electron chi connectivity index (χ3n) is 5.81. The van der Waals surface area contributed by atoms with Gasteiger partial charge in [-0.2, -0.15) is 0 Å². The average Bonchev–Trinajstić information content (AvgIpc) is 3.17. The second-order valence-electron chi connectivity index (χ2n) is 7.95. The van der Waals surface area contributed by atoms with E-state index in [9.17, 15) is 9.90 Å². The van der Waals surface area contributed by atoms with Crippen LogP contribution in [0.25, 0.3) is 22.0 Å². The number of methoxy groups -OCH3 is 2. The smallest absolute Gasteiger partial charge is 0.243 e. The first-order valence-electron chi connectivity index (χ1n) is 10.6. The molecule has 34 heavy (non-hydrogen) atoms. The number of carbonyl (C=O) groups is 1. The molecule has 1 heterocycles. The maximum atomic E-state index is 11.7. The van der Waals surface area contributed by atoms with Gasteiger partial charge in [-0.15, -0.1) is 0 Å². The first-order chi connectivity index (χ1) is 16.3. The van der Waals surface area contributed by atoms with Crippen LogP contribution in [-0.4, -0.2) is 53.4 Å². The largest absolute Gasteiger partial charge is 0.495 e. The minimum Gasteiger partial charge on any atom is -0.495 e. The summed E-state index contributed by atoms with van der Waals surface area (Å²) in [5.41, 5.74) is 2.05. The Kier molecular flexibility index (Phi) is 7.11. The SMILES string of the molecule is C=CC(=O)N[C@H]1C[C@@H](O)C[C@H]1Nc1ncc2cc(-c3c(Cl)c(OC)cc(OC)c3Cl)ccc2n1. The van der Waals surface area contributed by atoms with E-state index < -0.39 is 6.10 Å². The molecule has 1 amide bonds. The van der Waals surface area contributed by atoms with Crippen LogP contribution in [0.1, 0.15) is 12.8 Å². The molecule has 3 atom stereocenters. The summed E-state index contributed by atoms with van der Waals surface area (Å²) in [5.74, 6) is 1.01. The van der Waals surface area contributed by atoms with Crippen LogP contribution < -0.4 is 20.1 Å². The van der Waals surface area contributed by atoms with Gasteiger partial charge in [-0.05, 0) is 36.6 Å². The van der Waals surface area contributed by atoms with Crippen LogP contribution in [0.2, 0.25) is 10.0 Å². The van der Waals surface area contributed by atoms with Crippen molar-refractivity contribution in [2.45, 2.75) is 31.0 Å². The van der Waals surface area contributed by atoms with Crippen LogP contribution in [0.4, 0.5) is 5.95 Å². The lowest BCUT2D eigenvalue weighted by Gasteiger charge is -2.21. The summed E-state index contributed by atoms with van der Waals surface area (Å²) < 4.78 is 10.7. The summed E-state index contributed by atoms with van der Waals surface area (Å²) >= 11 is 13.1. The Morgan fingerprint density at radius 1 is 1.15 bits per heavy atom. The molecule has 1 aliphatic rings. The molecule has 8 nitrogen and oxygen atoms in total. The van der Waals surface area contributed by atoms with Gasteiger partial charge in [-0.1, -0.05) is 35.8 Å². The van der Waals surface area contributed by atoms with Crippen molar-refractivity contribution >= 4 is 46.0 Å². The molecule has 4 rings (SSSR count). The number of rotatable bonds is 7. The van der Waals surface area contributed by atoms with E-state index >= 15 is 0 Å². The molecule has 0 saturated heterocycles. The number of benzene rings is 2. The average molecular weight is 503 g/mol. The highest BCUT2D eigenvalue weighted by molar-refractivity contribution is 6.41. The zero-order chi connectivity index (χ0) is 24.4. The fourth-order valence-electron chi connectivity index (χ4n) is 4.13. The van der Waals surface area contributed by atoms with Gasteiger partial charge < -0.3 is 25.2 Å². The Balaban J connectivity index is 1.63. The fraction of sp³-hybridized carbons (Fsp3) is 0.292. The monoisotopic (exact) mass is 502 g/mol. The minimum atomic E-state index is -0.523. The van der Waals surface area contributed by atoms with Crippen molar-refractivity contribution < 1.29 is 19.4 Å². The van der Waals surface area contributed by atoms with E-state index in [2.05, 4.69) is 27.2 Å². The molecule has 3 aromatic rings. The van der Waals surface area contributed by atoms with Gasteiger partial charge in [0.05, 0.1) is 48.0 Å². The van der Waals surface area contributed by atoms with E-state index in [4.69, 9.17) is 32.7 Å². The van der Waals surface area contributed by atoms with Gasteiger partial charge in [0.15, 0.2) is 0 Å².